The van der Waals surface area contributed by atoms with E-state index in [1.807, 2.05) is 41.3 Å². The van der Waals surface area contributed by atoms with E-state index in [-0.39, 0.29) is 5.91 Å². The van der Waals surface area contributed by atoms with Crippen molar-refractivity contribution in [1.82, 2.24) is 9.80 Å². The molecule has 0 bridgehead atoms. The third-order valence-electron chi connectivity index (χ3n) is 4.65. The van der Waals surface area contributed by atoms with Gasteiger partial charge < -0.3 is 10.0 Å². The molecule has 0 aliphatic carbocycles. The lowest BCUT2D eigenvalue weighted by Crippen LogP contribution is -2.47. The number of piperazine rings is 1. The van der Waals surface area contributed by atoms with Gasteiger partial charge in [0, 0.05) is 39.6 Å². The van der Waals surface area contributed by atoms with E-state index in [4.69, 9.17) is 0 Å². The Labute approximate surface area is 147 Å². The lowest BCUT2D eigenvalue weighted by Gasteiger charge is -2.34. The average Bonchev–Trinajstić information content (AvgIpc) is 2.63. The van der Waals surface area contributed by atoms with Crippen molar-refractivity contribution in [2.45, 2.75) is 13.5 Å². The van der Waals surface area contributed by atoms with E-state index in [0.717, 1.165) is 29.8 Å². The fourth-order valence-electron chi connectivity index (χ4n) is 3.22. The molecular formula is C20H22N2O3. The summed E-state index contributed by atoms with van der Waals surface area (Å²) in [6.45, 7) is 5.30. The molecule has 1 N–H and O–H groups in total. The number of amides is 1. The second-order valence-electron chi connectivity index (χ2n) is 6.33. The first-order chi connectivity index (χ1) is 12.0. The fourth-order valence-corrected chi connectivity index (χ4v) is 3.22. The lowest BCUT2D eigenvalue weighted by atomic mass is 9.97. The Hall–Kier alpha value is -2.66. The van der Waals surface area contributed by atoms with E-state index in [1.54, 1.807) is 19.1 Å². The number of rotatable bonds is 4. The van der Waals surface area contributed by atoms with Gasteiger partial charge in [-0.05, 0) is 28.8 Å². The lowest BCUT2D eigenvalue weighted by molar-refractivity contribution is -0.130. The first-order valence-electron chi connectivity index (χ1n) is 8.44. The van der Waals surface area contributed by atoms with Crippen molar-refractivity contribution in [2.75, 3.05) is 26.2 Å². The van der Waals surface area contributed by atoms with E-state index >= 15 is 0 Å². The maximum absolute atomic E-state index is 11.5. The van der Waals surface area contributed by atoms with E-state index in [1.165, 1.54) is 0 Å². The van der Waals surface area contributed by atoms with E-state index in [2.05, 4.69) is 4.90 Å². The highest BCUT2D eigenvalue weighted by Gasteiger charge is 2.20. The molecule has 1 heterocycles. The van der Waals surface area contributed by atoms with Crippen LogP contribution in [0.4, 0.5) is 0 Å². The molecule has 0 atom stereocenters. The number of carbonyl (C=O) groups is 2. The Morgan fingerprint density at radius 1 is 1.00 bits per heavy atom. The van der Waals surface area contributed by atoms with Gasteiger partial charge in [-0.1, -0.05) is 36.4 Å². The molecule has 0 aromatic heterocycles. The summed E-state index contributed by atoms with van der Waals surface area (Å²) < 4.78 is 0. The Morgan fingerprint density at radius 3 is 2.28 bits per heavy atom. The van der Waals surface area contributed by atoms with Gasteiger partial charge >= 0.3 is 5.97 Å². The first kappa shape index (κ1) is 17.2. The topological polar surface area (TPSA) is 60.9 Å². The molecule has 25 heavy (non-hydrogen) atoms. The number of carbonyl (C=O) groups excluding carboxylic acids is 1. The van der Waals surface area contributed by atoms with Gasteiger partial charge in [0.15, 0.2) is 0 Å². The molecule has 0 radical (unpaired) electrons. The van der Waals surface area contributed by atoms with Crippen LogP contribution >= 0.6 is 0 Å². The quantitative estimate of drug-likeness (QED) is 0.931. The van der Waals surface area contributed by atoms with Gasteiger partial charge in [0.25, 0.3) is 0 Å². The van der Waals surface area contributed by atoms with Crippen molar-refractivity contribution in [2.24, 2.45) is 0 Å². The largest absolute Gasteiger partial charge is 0.478 e. The van der Waals surface area contributed by atoms with Crippen LogP contribution in [0.2, 0.25) is 0 Å². The molecule has 1 aliphatic heterocycles. The Bertz CT molecular complexity index is 766. The molecule has 2 aromatic rings. The molecule has 1 aliphatic rings. The van der Waals surface area contributed by atoms with Crippen LogP contribution in [-0.4, -0.2) is 53.0 Å². The number of hydrogen-bond donors (Lipinski definition) is 1. The minimum atomic E-state index is -0.915. The van der Waals surface area contributed by atoms with Gasteiger partial charge in [0.2, 0.25) is 5.91 Å². The second kappa shape index (κ2) is 7.49. The van der Waals surface area contributed by atoms with Crippen LogP contribution in [0.3, 0.4) is 0 Å². The summed E-state index contributed by atoms with van der Waals surface area (Å²) in [4.78, 5) is 26.9. The van der Waals surface area contributed by atoms with Crippen LogP contribution in [0, 0.1) is 0 Å². The molecule has 0 spiro atoms. The summed E-state index contributed by atoms with van der Waals surface area (Å²) in [7, 11) is 0. The Balaban J connectivity index is 1.85. The van der Waals surface area contributed by atoms with Crippen LogP contribution in [0.15, 0.2) is 48.5 Å². The molecule has 0 unspecified atom stereocenters. The maximum Gasteiger partial charge on any atom is 0.335 e. The molecule has 130 valence electrons. The maximum atomic E-state index is 11.5. The normalized spacial score (nSPS) is 15.2. The van der Waals surface area contributed by atoms with E-state index < -0.39 is 5.97 Å². The predicted molar refractivity (Wildman–Crippen MR) is 96.4 cm³/mol. The minimum Gasteiger partial charge on any atom is -0.478 e. The molecule has 2 aromatic carbocycles. The highest BCUT2D eigenvalue weighted by atomic mass is 16.4. The zero-order chi connectivity index (χ0) is 17.8. The highest BCUT2D eigenvalue weighted by Crippen LogP contribution is 2.26. The number of nitrogens with zero attached hydrogens (tertiary/aromatic N) is 2. The summed E-state index contributed by atoms with van der Waals surface area (Å²) in [6.07, 6.45) is 0. The van der Waals surface area contributed by atoms with Gasteiger partial charge in [0.1, 0.15) is 0 Å². The zero-order valence-electron chi connectivity index (χ0n) is 14.3. The molecule has 0 saturated carbocycles. The number of carboxylic acids is 1. The van der Waals surface area contributed by atoms with E-state index in [9.17, 15) is 14.7 Å². The Morgan fingerprint density at radius 2 is 1.68 bits per heavy atom. The van der Waals surface area contributed by atoms with Gasteiger partial charge in [-0.2, -0.15) is 0 Å². The first-order valence-corrected chi connectivity index (χ1v) is 8.44. The summed E-state index contributed by atoms with van der Waals surface area (Å²) in [5.41, 5.74) is 3.44. The van der Waals surface area contributed by atoms with Gasteiger partial charge in [-0.3, -0.25) is 9.69 Å². The average molecular weight is 338 g/mol. The second-order valence-corrected chi connectivity index (χ2v) is 6.33. The smallest absolute Gasteiger partial charge is 0.335 e. The molecular weight excluding hydrogens is 316 g/mol. The summed E-state index contributed by atoms with van der Waals surface area (Å²) in [5.74, 6) is -0.806. The van der Waals surface area contributed by atoms with Crippen molar-refractivity contribution in [3.63, 3.8) is 0 Å². The summed E-state index contributed by atoms with van der Waals surface area (Å²) >= 11 is 0. The fraction of sp³-hybridized carbons (Fsp3) is 0.300. The summed E-state index contributed by atoms with van der Waals surface area (Å²) in [5, 5.41) is 9.31. The monoisotopic (exact) mass is 338 g/mol. The van der Waals surface area contributed by atoms with Gasteiger partial charge in [-0.15, -0.1) is 0 Å². The van der Waals surface area contributed by atoms with Crippen molar-refractivity contribution >= 4 is 11.9 Å². The molecule has 3 rings (SSSR count). The summed E-state index contributed by atoms with van der Waals surface area (Å²) in [6, 6.07) is 15.3. The van der Waals surface area contributed by atoms with E-state index in [0.29, 0.717) is 25.2 Å². The van der Waals surface area contributed by atoms with Crippen LogP contribution < -0.4 is 0 Å². The van der Waals surface area contributed by atoms with Crippen LogP contribution in [0.1, 0.15) is 22.8 Å². The van der Waals surface area contributed by atoms with Crippen molar-refractivity contribution < 1.29 is 14.7 Å². The van der Waals surface area contributed by atoms with Crippen molar-refractivity contribution in [3.05, 3.63) is 59.7 Å². The molecule has 5 heteroatoms. The van der Waals surface area contributed by atoms with Gasteiger partial charge in [-0.25, -0.2) is 4.79 Å². The molecule has 1 saturated heterocycles. The number of aromatic carboxylic acids is 1. The number of carboxylic acid groups (broad SMARTS) is 1. The number of benzene rings is 2. The number of hydrogen-bond acceptors (Lipinski definition) is 3. The third kappa shape index (κ3) is 4.06. The van der Waals surface area contributed by atoms with Crippen LogP contribution in [-0.2, 0) is 11.3 Å². The van der Waals surface area contributed by atoms with Crippen molar-refractivity contribution in [1.29, 1.82) is 0 Å². The van der Waals surface area contributed by atoms with Crippen LogP contribution in [0.5, 0.6) is 0 Å². The molecule has 1 fully saturated rings. The Kier molecular flexibility index (Phi) is 5.14. The van der Waals surface area contributed by atoms with Crippen molar-refractivity contribution in [3.8, 4) is 11.1 Å². The zero-order valence-corrected chi connectivity index (χ0v) is 14.3. The third-order valence-corrected chi connectivity index (χ3v) is 4.65. The molecule has 5 nitrogen and oxygen atoms in total. The highest BCUT2D eigenvalue weighted by molar-refractivity contribution is 5.89. The predicted octanol–water partition coefficient (Wildman–Crippen LogP) is 2.72. The van der Waals surface area contributed by atoms with Crippen LogP contribution in [0.25, 0.3) is 11.1 Å². The molecule has 1 amide bonds. The minimum absolute atomic E-state index is 0.109. The standard InChI is InChI=1S/C20H22N2O3/c1-15(23)22-11-9-21(10-12-22)14-18-13-17(20(24)25)7-8-19(18)16-5-3-2-4-6-16/h2-8,13H,9-12,14H2,1H3,(H,24,25). The van der Waals surface area contributed by atoms with Gasteiger partial charge in [0.05, 0.1) is 5.56 Å². The SMILES string of the molecule is CC(=O)N1CCN(Cc2cc(C(=O)O)ccc2-c2ccccc2)CC1.